The second-order valence-electron chi connectivity index (χ2n) is 17.4. The lowest BCUT2D eigenvalue weighted by Gasteiger charge is -2.18. The molecule has 1 unspecified atom stereocenters. The van der Waals surface area contributed by atoms with Crippen LogP contribution in [0.1, 0.15) is 233 Å². The molecule has 0 saturated carbocycles. The molecule has 0 aliphatic rings. The van der Waals surface area contributed by atoms with Crippen molar-refractivity contribution in [2.45, 2.75) is 239 Å². The lowest BCUT2D eigenvalue weighted by atomic mass is 10.1. The van der Waals surface area contributed by atoms with Gasteiger partial charge in [-0.2, -0.15) is 0 Å². The summed E-state index contributed by atoms with van der Waals surface area (Å²) >= 11 is 0. The average Bonchev–Trinajstić information content (AvgIpc) is 3.31. The minimum Gasteiger partial charge on any atom is -0.462 e. The first-order valence-electron chi connectivity index (χ1n) is 26.9. The second kappa shape index (κ2) is 53.7. The Kier molecular flexibility index (Phi) is 50.5. The van der Waals surface area contributed by atoms with Gasteiger partial charge in [0.1, 0.15) is 13.2 Å². The number of carbonyl (C=O) groups excluding carboxylic acids is 3. The molecule has 6 heteroatoms. The molecule has 0 radical (unpaired) electrons. The third-order valence-corrected chi connectivity index (χ3v) is 11.0. The highest BCUT2D eigenvalue weighted by Gasteiger charge is 2.19. The minimum absolute atomic E-state index is 0.127. The molecule has 0 aromatic heterocycles. The topological polar surface area (TPSA) is 78.9 Å². The van der Waals surface area contributed by atoms with E-state index in [-0.39, 0.29) is 38.0 Å². The van der Waals surface area contributed by atoms with Crippen LogP contribution in [0.15, 0.2) is 109 Å². The molecule has 1 atom stereocenters. The van der Waals surface area contributed by atoms with Crippen LogP contribution in [0.3, 0.4) is 0 Å². The Hall–Kier alpha value is -3.93. The van der Waals surface area contributed by atoms with Crippen molar-refractivity contribution < 1.29 is 28.6 Å². The molecule has 0 spiro atoms. The molecule has 6 nitrogen and oxygen atoms in total. The van der Waals surface area contributed by atoms with E-state index in [0.29, 0.717) is 19.3 Å². The van der Waals surface area contributed by atoms with E-state index in [1.165, 1.54) is 109 Å². The van der Waals surface area contributed by atoms with Gasteiger partial charge in [0.05, 0.1) is 0 Å². The molecule has 0 aliphatic carbocycles. The van der Waals surface area contributed by atoms with Gasteiger partial charge in [-0.25, -0.2) is 0 Å². The molecule has 0 amide bonds. The van der Waals surface area contributed by atoms with Crippen molar-refractivity contribution in [3.05, 3.63) is 109 Å². The van der Waals surface area contributed by atoms with Gasteiger partial charge in [-0.05, 0) is 109 Å². The molecule has 0 heterocycles. The zero-order valence-corrected chi connectivity index (χ0v) is 42.7. The van der Waals surface area contributed by atoms with Crippen molar-refractivity contribution in [2.24, 2.45) is 0 Å². The Bertz CT molecular complexity index is 1370. The third-order valence-electron chi connectivity index (χ3n) is 11.0. The van der Waals surface area contributed by atoms with Gasteiger partial charge >= 0.3 is 17.9 Å². The molecule has 0 bridgehead atoms. The fourth-order valence-corrected chi connectivity index (χ4v) is 6.97. The number of rotatable bonds is 47. The predicted molar refractivity (Wildman–Crippen MR) is 283 cm³/mol. The van der Waals surface area contributed by atoms with Gasteiger partial charge in [-0.1, -0.05) is 214 Å². The van der Waals surface area contributed by atoms with Gasteiger partial charge in [-0.15, -0.1) is 0 Å². The molecule has 0 aromatic carbocycles. The van der Waals surface area contributed by atoms with Crippen molar-refractivity contribution in [2.75, 3.05) is 13.2 Å². The van der Waals surface area contributed by atoms with E-state index in [1.54, 1.807) is 0 Å². The maximum Gasteiger partial charge on any atom is 0.306 e. The summed E-state index contributed by atoms with van der Waals surface area (Å²) in [6.07, 6.45) is 72.3. The van der Waals surface area contributed by atoms with E-state index in [1.807, 2.05) is 12.2 Å². The number of esters is 3. The van der Waals surface area contributed by atoms with Gasteiger partial charge in [0.2, 0.25) is 0 Å². The number of hydrogen-bond donors (Lipinski definition) is 0. The predicted octanol–water partition coefficient (Wildman–Crippen LogP) is 17.9. The van der Waals surface area contributed by atoms with Crippen molar-refractivity contribution in [3.8, 4) is 0 Å². The van der Waals surface area contributed by atoms with Gasteiger partial charge in [0.15, 0.2) is 6.10 Å². The monoisotopic (exact) mass is 915 g/mol. The van der Waals surface area contributed by atoms with E-state index >= 15 is 0 Å². The van der Waals surface area contributed by atoms with Crippen LogP contribution in [0, 0.1) is 0 Å². The van der Waals surface area contributed by atoms with E-state index in [2.05, 4.69) is 118 Å². The summed E-state index contributed by atoms with van der Waals surface area (Å²) in [7, 11) is 0. The van der Waals surface area contributed by atoms with Crippen molar-refractivity contribution >= 4 is 17.9 Å². The van der Waals surface area contributed by atoms with Crippen molar-refractivity contribution in [1.29, 1.82) is 0 Å². The minimum atomic E-state index is -0.841. The molecule has 374 valence electrons. The zero-order chi connectivity index (χ0) is 47.9. The largest absolute Gasteiger partial charge is 0.462 e. The first kappa shape index (κ1) is 62.1. The van der Waals surface area contributed by atoms with E-state index in [0.717, 1.165) is 70.6 Å². The van der Waals surface area contributed by atoms with Crippen LogP contribution in [-0.4, -0.2) is 37.2 Å². The van der Waals surface area contributed by atoms with Crippen LogP contribution in [0.5, 0.6) is 0 Å². The number of carbonyl (C=O) groups is 3. The quantitative estimate of drug-likeness (QED) is 0.0262. The number of allylic oxidation sites excluding steroid dienone is 18. The maximum absolute atomic E-state index is 12.8. The summed E-state index contributed by atoms with van der Waals surface area (Å²) in [4.78, 5) is 38.0. The highest BCUT2D eigenvalue weighted by Crippen LogP contribution is 2.13. The summed E-state index contributed by atoms with van der Waals surface area (Å²) in [5.74, 6) is -1.07. The lowest BCUT2D eigenvalue weighted by molar-refractivity contribution is -0.166. The summed E-state index contributed by atoms with van der Waals surface area (Å²) in [5.41, 5.74) is 0. The van der Waals surface area contributed by atoms with Crippen LogP contribution in [0.25, 0.3) is 0 Å². The first-order valence-corrected chi connectivity index (χ1v) is 26.9. The highest BCUT2D eigenvalue weighted by molar-refractivity contribution is 5.71. The van der Waals surface area contributed by atoms with Crippen LogP contribution < -0.4 is 0 Å². The smallest absolute Gasteiger partial charge is 0.306 e. The molecule has 0 saturated heterocycles. The SMILES string of the molecule is CC/C=C\C/C=C\C/C=C\C/C=C\C/C=C\CCC(=O)OC(COC(=O)CCC/C=C\C/C=C\C/C=C\CCCCCCCC)COC(=O)CCCCCCCCC/C=C\CCCCCC. The normalized spacial score (nSPS) is 13.0. The van der Waals surface area contributed by atoms with Crippen molar-refractivity contribution in [3.63, 3.8) is 0 Å². The molecule has 0 fully saturated rings. The standard InChI is InChI=1S/C60H98O6/c1-4-7-10-13-16-19-22-25-28-30-33-35-38-41-44-47-50-53-59(62)65-56-57(55-64-58(61)52-49-46-43-40-37-34-31-27-24-21-18-15-12-9-6-3)66-60(63)54-51-48-45-42-39-36-32-29-26-23-20-17-14-11-8-5-2/h8,11,17,20-21,24-26,28-29,33,35-36,39,41,44-45,48,57H,4-7,9-10,12-16,18-19,22-23,27,30-32,34,37-38,40,42-43,46-47,49-56H2,1-3H3/b11-8-,20-17-,24-21-,28-25-,29-26-,35-33-,39-36-,44-41-,48-45-. The molecular weight excluding hydrogens is 817 g/mol. The van der Waals surface area contributed by atoms with Gasteiger partial charge in [-0.3, -0.25) is 14.4 Å². The second-order valence-corrected chi connectivity index (χ2v) is 17.4. The Morgan fingerprint density at radius 2 is 0.636 bits per heavy atom. The van der Waals surface area contributed by atoms with E-state index in [9.17, 15) is 14.4 Å². The van der Waals surface area contributed by atoms with Crippen LogP contribution in [-0.2, 0) is 28.6 Å². The Labute approximate surface area is 406 Å². The Balaban J connectivity index is 4.58. The fourth-order valence-electron chi connectivity index (χ4n) is 6.97. The van der Waals surface area contributed by atoms with Crippen LogP contribution in [0.4, 0.5) is 0 Å². The first-order chi connectivity index (χ1) is 32.5. The molecule has 0 N–H and O–H groups in total. The third kappa shape index (κ3) is 51.1. The molecule has 0 aromatic rings. The molecular formula is C60H98O6. The van der Waals surface area contributed by atoms with Gasteiger partial charge < -0.3 is 14.2 Å². The van der Waals surface area contributed by atoms with E-state index < -0.39 is 12.1 Å². The maximum atomic E-state index is 12.8. The summed E-state index contributed by atoms with van der Waals surface area (Å²) < 4.78 is 16.7. The molecule has 0 aliphatic heterocycles. The summed E-state index contributed by atoms with van der Waals surface area (Å²) in [5, 5.41) is 0. The zero-order valence-electron chi connectivity index (χ0n) is 42.7. The van der Waals surface area contributed by atoms with Crippen molar-refractivity contribution in [1.82, 2.24) is 0 Å². The molecule has 0 rings (SSSR count). The molecule has 66 heavy (non-hydrogen) atoms. The van der Waals surface area contributed by atoms with Crippen LogP contribution in [0.2, 0.25) is 0 Å². The van der Waals surface area contributed by atoms with Crippen LogP contribution >= 0.6 is 0 Å². The van der Waals surface area contributed by atoms with Gasteiger partial charge in [0, 0.05) is 19.3 Å². The van der Waals surface area contributed by atoms with E-state index in [4.69, 9.17) is 14.2 Å². The average molecular weight is 915 g/mol. The number of ether oxygens (including phenoxy) is 3. The summed E-state index contributed by atoms with van der Waals surface area (Å²) in [6, 6.07) is 0. The fraction of sp³-hybridized carbons (Fsp3) is 0.650. The Morgan fingerprint density at radius 1 is 0.318 bits per heavy atom. The Morgan fingerprint density at radius 3 is 1.08 bits per heavy atom. The summed E-state index contributed by atoms with van der Waals surface area (Å²) in [6.45, 7) is 6.39. The number of unbranched alkanes of at least 4 members (excludes halogenated alkanes) is 18. The highest BCUT2D eigenvalue weighted by atomic mass is 16.6. The van der Waals surface area contributed by atoms with Gasteiger partial charge in [0.25, 0.3) is 0 Å². The number of hydrogen-bond acceptors (Lipinski definition) is 6. The lowest BCUT2D eigenvalue weighted by Crippen LogP contribution is -2.30.